The molecule has 0 atom stereocenters. The van der Waals surface area contributed by atoms with Crippen LogP contribution in [-0.2, 0) is 0 Å². The molecule has 3 rings (SSSR count). The molecule has 29 heavy (non-hydrogen) atoms. The molecule has 3 aromatic rings. The van der Waals surface area contributed by atoms with Gasteiger partial charge in [0.05, 0.1) is 0 Å². The minimum atomic E-state index is 0.686. The number of nitrogens with zero attached hydrogens (tertiary/aromatic N) is 3. The molecule has 0 saturated heterocycles. The summed E-state index contributed by atoms with van der Waals surface area (Å²) in [7, 11) is 0. The lowest BCUT2D eigenvalue weighted by Gasteiger charge is -2.10. The maximum Gasteiger partial charge on any atom is 0.164 e. The predicted octanol–water partition coefficient (Wildman–Crippen LogP) is 7.00. The second kappa shape index (κ2) is 9.74. The minimum absolute atomic E-state index is 0.686. The zero-order chi connectivity index (χ0) is 20.6. The molecule has 2 aromatic carbocycles. The monoisotopic (exact) mass is 381 g/mol. The average molecular weight is 382 g/mol. The van der Waals surface area contributed by atoms with Crippen molar-refractivity contribution in [3.63, 3.8) is 0 Å². The van der Waals surface area contributed by atoms with E-state index in [1.54, 1.807) is 0 Å². The standard InChI is InChI=1S/C26H27N3/c1-5-8-13-19(4)24-27-25(21-14-10-9-11-15-21)29-26(28-24)23-17-12-16-22(18-23)20(6-2)7-3/h5-6,8-18H,7H2,1-4H3/b8-5-,19-13+,20-6+. The molecule has 3 heteroatoms. The number of rotatable bonds is 6. The third kappa shape index (κ3) is 4.94. The molecular formula is C26H27N3. The van der Waals surface area contributed by atoms with E-state index < -0.39 is 0 Å². The summed E-state index contributed by atoms with van der Waals surface area (Å²) in [6.07, 6.45) is 9.18. The van der Waals surface area contributed by atoms with Crippen molar-refractivity contribution in [1.29, 1.82) is 0 Å². The third-order valence-electron chi connectivity index (χ3n) is 4.78. The summed E-state index contributed by atoms with van der Waals surface area (Å²) in [4.78, 5) is 14.3. The van der Waals surface area contributed by atoms with Crippen molar-refractivity contribution in [3.8, 4) is 22.8 Å². The van der Waals surface area contributed by atoms with E-state index in [4.69, 9.17) is 15.0 Å². The fraction of sp³-hybridized carbons (Fsp3) is 0.192. The van der Waals surface area contributed by atoms with Crippen molar-refractivity contribution in [1.82, 2.24) is 15.0 Å². The van der Waals surface area contributed by atoms with E-state index in [1.807, 2.05) is 62.4 Å². The van der Waals surface area contributed by atoms with Gasteiger partial charge in [0.15, 0.2) is 17.5 Å². The molecule has 0 aliphatic carbocycles. The highest BCUT2D eigenvalue weighted by Gasteiger charge is 2.12. The van der Waals surface area contributed by atoms with Crippen molar-refractivity contribution in [2.24, 2.45) is 0 Å². The Bertz CT molecular complexity index is 1060. The van der Waals surface area contributed by atoms with Crippen molar-refractivity contribution in [2.75, 3.05) is 0 Å². The molecule has 3 nitrogen and oxygen atoms in total. The quantitative estimate of drug-likeness (QED) is 0.432. The largest absolute Gasteiger partial charge is 0.209 e. The van der Waals surface area contributed by atoms with Crippen LogP contribution in [-0.4, -0.2) is 15.0 Å². The third-order valence-corrected chi connectivity index (χ3v) is 4.78. The van der Waals surface area contributed by atoms with Gasteiger partial charge in [-0.25, -0.2) is 15.0 Å². The smallest absolute Gasteiger partial charge is 0.164 e. The second-order valence-electron chi connectivity index (χ2n) is 6.80. The van der Waals surface area contributed by atoms with Gasteiger partial charge in [0, 0.05) is 11.1 Å². The highest BCUT2D eigenvalue weighted by Crippen LogP contribution is 2.26. The van der Waals surface area contributed by atoms with Gasteiger partial charge < -0.3 is 0 Å². The molecule has 0 bridgehead atoms. The number of aromatic nitrogens is 3. The van der Waals surface area contributed by atoms with E-state index in [-0.39, 0.29) is 0 Å². The molecule has 0 spiro atoms. The molecule has 0 fully saturated rings. The molecule has 0 unspecified atom stereocenters. The van der Waals surface area contributed by atoms with Crippen LogP contribution in [0.2, 0.25) is 0 Å². The van der Waals surface area contributed by atoms with Gasteiger partial charge in [-0.1, -0.05) is 79.8 Å². The lowest BCUT2D eigenvalue weighted by Crippen LogP contribution is -2.02. The summed E-state index contributed by atoms with van der Waals surface area (Å²) in [5.74, 6) is 2.07. The van der Waals surface area contributed by atoms with Gasteiger partial charge in [0.2, 0.25) is 0 Å². The molecule has 0 aliphatic rings. The number of benzene rings is 2. The summed E-state index contributed by atoms with van der Waals surface area (Å²) in [6.45, 7) is 8.27. The molecule has 1 aromatic heterocycles. The van der Waals surface area contributed by atoms with Gasteiger partial charge in [-0.15, -0.1) is 0 Å². The van der Waals surface area contributed by atoms with Crippen LogP contribution in [0.3, 0.4) is 0 Å². The van der Waals surface area contributed by atoms with Crippen molar-refractivity contribution < 1.29 is 0 Å². The van der Waals surface area contributed by atoms with E-state index in [2.05, 4.69) is 44.2 Å². The van der Waals surface area contributed by atoms with Gasteiger partial charge in [-0.2, -0.15) is 0 Å². The van der Waals surface area contributed by atoms with Crippen LogP contribution in [0.4, 0.5) is 0 Å². The van der Waals surface area contributed by atoms with Gasteiger partial charge >= 0.3 is 0 Å². The van der Waals surface area contributed by atoms with Gasteiger partial charge in [0.1, 0.15) is 0 Å². The molecule has 146 valence electrons. The fourth-order valence-electron chi connectivity index (χ4n) is 3.15. The zero-order valence-electron chi connectivity index (χ0n) is 17.6. The SMILES string of the molecule is C/C=C\C=C(/C)c1nc(-c2ccccc2)nc(-c2cccc(/C(=C/C)CC)c2)n1. The average Bonchev–Trinajstić information content (AvgIpc) is 2.79. The van der Waals surface area contributed by atoms with Crippen LogP contribution in [0.5, 0.6) is 0 Å². The Morgan fingerprint density at radius 1 is 0.862 bits per heavy atom. The Balaban J connectivity index is 2.17. The van der Waals surface area contributed by atoms with Crippen molar-refractivity contribution in [3.05, 3.63) is 90.3 Å². The Morgan fingerprint density at radius 3 is 2.21 bits per heavy atom. The first-order valence-electron chi connectivity index (χ1n) is 10.0. The van der Waals surface area contributed by atoms with E-state index in [1.165, 1.54) is 11.1 Å². The summed E-state index contributed by atoms with van der Waals surface area (Å²) < 4.78 is 0. The van der Waals surface area contributed by atoms with Crippen LogP contribution in [0.25, 0.3) is 33.9 Å². The van der Waals surface area contributed by atoms with Crippen LogP contribution in [0.15, 0.2) is 78.9 Å². The first-order valence-corrected chi connectivity index (χ1v) is 10.0. The maximum absolute atomic E-state index is 4.80. The van der Waals surface area contributed by atoms with Crippen LogP contribution in [0.1, 0.15) is 45.5 Å². The van der Waals surface area contributed by atoms with Gasteiger partial charge in [-0.05, 0) is 50.0 Å². The van der Waals surface area contributed by atoms with Crippen LogP contribution < -0.4 is 0 Å². The molecule has 0 aliphatic heterocycles. The Kier molecular flexibility index (Phi) is 6.85. The molecule has 0 saturated carbocycles. The molecule has 0 amide bonds. The fourth-order valence-corrected chi connectivity index (χ4v) is 3.15. The first-order chi connectivity index (χ1) is 14.2. The second-order valence-corrected chi connectivity index (χ2v) is 6.80. The van der Waals surface area contributed by atoms with Crippen molar-refractivity contribution >= 4 is 11.1 Å². The van der Waals surface area contributed by atoms with E-state index in [0.717, 1.165) is 23.1 Å². The first kappa shape index (κ1) is 20.4. The minimum Gasteiger partial charge on any atom is -0.209 e. The molecular weight excluding hydrogens is 354 g/mol. The van der Waals surface area contributed by atoms with Crippen LogP contribution in [0, 0.1) is 0 Å². The maximum atomic E-state index is 4.80. The van der Waals surface area contributed by atoms with E-state index in [9.17, 15) is 0 Å². The zero-order valence-corrected chi connectivity index (χ0v) is 17.6. The van der Waals surface area contributed by atoms with Crippen molar-refractivity contribution in [2.45, 2.75) is 34.1 Å². The van der Waals surface area contributed by atoms with E-state index in [0.29, 0.717) is 17.5 Å². The van der Waals surface area contributed by atoms with Gasteiger partial charge in [-0.3, -0.25) is 0 Å². The lowest BCUT2D eigenvalue weighted by atomic mass is 10.0. The molecule has 0 N–H and O–H groups in total. The summed E-state index contributed by atoms with van der Waals surface area (Å²) in [5, 5.41) is 0. The normalized spacial score (nSPS) is 12.6. The molecule has 1 heterocycles. The van der Waals surface area contributed by atoms with Gasteiger partial charge in [0.25, 0.3) is 0 Å². The number of hydrogen-bond donors (Lipinski definition) is 0. The highest BCUT2D eigenvalue weighted by molar-refractivity contribution is 5.72. The predicted molar refractivity (Wildman–Crippen MR) is 123 cm³/mol. The summed E-state index contributed by atoms with van der Waals surface area (Å²) in [6, 6.07) is 18.5. The van der Waals surface area contributed by atoms with E-state index >= 15 is 0 Å². The molecule has 0 radical (unpaired) electrons. The summed E-state index contributed by atoms with van der Waals surface area (Å²) >= 11 is 0. The number of hydrogen-bond acceptors (Lipinski definition) is 3. The Morgan fingerprint density at radius 2 is 1.55 bits per heavy atom. The number of allylic oxidation sites excluding steroid dienone is 6. The van der Waals surface area contributed by atoms with Crippen LogP contribution >= 0.6 is 0 Å². The topological polar surface area (TPSA) is 38.7 Å². The Hall–Kier alpha value is -3.33. The highest BCUT2D eigenvalue weighted by atomic mass is 15.0. The Labute approximate surface area is 173 Å². The summed E-state index contributed by atoms with van der Waals surface area (Å²) in [5.41, 5.74) is 5.50. The lowest BCUT2D eigenvalue weighted by molar-refractivity contribution is 1.03.